The van der Waals surface area contributed by atoms with Crippen LogP contribution in [0.2, 0.25) is 0 Å². The summed E-state index contributed by atoms with van der Waals surface area (Å²) in [6.07, 6.45) is 4.10. The molecule has 1 saturated carbocycles. The van der Waals surface area contributed by atoms with E-state index in [0.717, 1.165) is 0 Å². The van der Waals surface area contributed by atoms with Crippen LogP contribution in [0.5, 0.6) is 0 Å². The van der Waals surface area contributed by atoms with Gasteiger partial charge in [0.15, 0.2) is 0 Å². The number of nitriles is 1. The number of nitrogens with one attached hydrogen (secondary N) is 1. The molecule has 4 nitrogen and oxygen atoms in total. The lowest BCUT2D eigenvalue weighted by molar-refractivity contribution is 1.16. The molecule has 0 aliphatic heterocycles. The van der Waals surface area contributed by atoms with Crippen molar-refractivity contribution in [3.8, 4) is 6.07 Å². The van der Waals surface area contributed by atoms with Gasteiger partial charge in [-0.25, -0.2) is 9.97 Å². The SMILES string of the molecule is N#Cc1ccnc(NSC2CC2)n1. The van der Waals surface area contributed by atoms with Gasteiger partial charge in [0, 0.05) is 11.4 Å². The van der Waals surface area contributed by atoms with Crippen molar-refractivity contribution in [2.75, 3.05) is 4.72 Å². The van der Waals surface area contributed by atoms with E-state index in [9.17, 15) is 0 Å². The van der Waals surface area contributed by atoms with Crippen LogP contribution in [-0.4, -0.2) is 15.2 Å². The van der Waals surface area contributed by atoms with Crippen molar-refractivity contribution in [2.24, 2.45) is 0 Å². The predicted molar refractivity (Wildman–Crippen MR) is 51.0 cm³/mol. The van der Waals surface area contributed by atoms with E-state index in [1.807, 2.05) is 6.07 Å². The van der Waals surface area contributed by atoms with Crippen molar-refractivity contribution in [3.05, 3.63) is 18.0 Å². The van der Waals surface area contributed by atoms with Crippen molar-refractivity contribution in [2.45, 2.75) is 18.1 Å². The lowest BCUT2D eigenvalue weighted by atomic mass is 10.4. The highest BCUT2D eigenvalue weighted by Crippen LogP contribution is 2.33. The Morgan fingerprint density at radius 3 is 3.15 bits per heavy atom. The maximum absolute atomic E-state index is 8.58. The molecular formula is C8H8N4S. The minimum Gasteiger partial charge on any atom is -0.298 e. The predicted octanol–water partition coefficient (Wildman–Crippen LogP) is 1.57. The molecule has 0 aromatic carbocycles. The van der Waals surface area contributed by atoms with Gasteiger partial charge in [0.25, 0.3) is 0 Å². The molecule has 0 spiro atoms. The summed E-state index contributed by atoms with van der Waals surface area (Å²) in [7, 11) is 0. The van der Waals surface area contributed by atoms with E-state index in [4.69, 9.17) is 5.26 Å². The average Bonchev–Trinajstić information content (AvgIpc) is 2.99. The van der Waals surface area contributed by atoms with Gasteiger partial charge in [0.1, 0.15) is 11.8 Å². The van der Waals surface area contributed by atoms with Crippen molar-refractivity contribution in [3.63, 3.8) is 0 Å². The third-order valence-electron chi connectivity index (χ3n) is 1.61. The summed E-state index contributed by atoms with van der Waals surface area (Å²) in [5, 5.41) is 9.28. The summed E-state index contributed by atoms with van der Waals surface area (Å²) < 4.78 is 3.02. The van der Waals surface area contributed by atoms with Crippen LogP contribution in [0.4, 0.5) is 5.95 Å². The van der Waals surface area contributed by atoms with Crippen molar-refractivity contribution in [1.82, 2.24) is 9.97 Å². The maximum atomic E-state index is 8.58. The molecule has 1 aromatic rings. The minimum absolute atomic E-state index is 0.397. The van der Waals surface area contributed by atoms with E-state index in [1.54, 1.807) is 24.2 Å². The third-order valence-corrected chi connectivity index (χ3v) is 2.72. The standard InChI is InChI=1S/C8H8N4S/c9-5-6-3-4-10-8(11-6)12-13-7-1-2-7/h3-4,7H,1-2H2,(H,10,11,12). The largest absolute Gasteiger partial charge is 0.298 e. The molecule has 1 N–H and O–H groups in total. The van der Waals surface area contributed by atoms with Crippen molar-refractivity contribution < 1.29 is 0 Å². The Morgan fingerprint density at radius 2 is 2.46 bits per heavy atom. The molecule has 0 unspecified atom stereocenters. The summed E-state index contributed by atoms with van der Waals surface area (Å²) >= 11 is 1.63. The lowest BCUT2D eigenvalue weighted by Crippen LogP contribution is -1.96. The smallest absolute Gasteiger partial charge is 0.234 e. The second kappa shape index (κ2) is 3.62. The topological polar surface area (TPSA) is 61.6 Å². The van der Waals surface area contributed by atoms with Gasteiger partial charge in [-0.1, -0.05) is 0 Å². The molecule has 1 fully saturated rings. The highest BCUT2D eigenvalue weighted by molar-refractivity contribution is 8.01. The van der Waals surface area contributed by atoms with Crippen molar-refractivity contribution >= 4 is 17.9 Å². The fraction of sp³-hybridized carbons (Fsp3) is 0.375. The van der Waals surface area contributed by atoms with Crippen LogP contribution >= 0.6 is 11.9 Å². The Kier molecular flexibility index (Phi) is 2.32. The van der Waals surface area contributed by atoms with Gasteiger partial charge in [0.05, 0.1) is 0 Å². The third kappa shape index (κ3) is 2.33. The molecule has 66 valence electrons. The average molecular weight is 192 g/mol. The summed E-state index contributed by atoms with van der Waals surface area (Å²) in [6.45, 7) is 0. The van der Waals surface area contributed by atoms with Crippen LogP contribution in [0.15, 0.2) is 12.3 Å². The van der Waals surface area contributed by atoms with E-state index in [0.29, 0.717) is 16.9 Å². The highest BCUT2D eigenvalue weighted by Gasteiger charge is 2.22. The van der Waals surface area contributed by atoms with Gasteiger partial charge in [-0.3, -0.25) is 4.72 Å². The molecule has 1 aliphatic carbocycles. The Labute approximate surface area is 80.5 Å². The molecule has 5 heteroatoms. The molecule has 2 rings (SSSR count). The zero-order chi connectivity index (χ0) is 9.10. The van der Waals surface area contributed by atoms with E-state index in [-0.39, 0.29) is 0 Å². The second-order valence-corrected chi connectivity index (χ2v) is 3.90. The van der Waals surface area contributed by atoms with Crippen LogP contribution in [0.25, 0.3) is 0 Å². The Bertz CT molecular complexity index is 342. The van der Waals surface area contributed by atoms with E-state index in [2.05, 4.69) is 14.7 Å². The molecule has 0 amide bonds. The maximum Gasteiger partial charge on any atom is 0.234 e. The first-order valence-electron chi connectivity index (χ1n) is 4.03. The van der Waals surface area contributed by atoms with Gasteiger partial charge in [-0.2, -0.15) is 5.26 Å². The summed E-state index contributed by atoms with van der Waals surface area (Å²) in [6, 6.07) is 3.56. The van der Waals surface area contributed by atoms with Crippen LogP contribution in [0, 0.1) is 11.3 Å². The second-order valence-electron chi connectivity index (χ2n) is 2.80. The van der Waals surface area contributed by atoms with Crippen LogP contribution < -0.4 is 4.72 Å². The number of rotatable bonds is 3. The first kappa shape index (κ1) is 8.32. The molecule has 1 aromatic heterocycles. The van der Waals surface area contributed by atoms with Crippen LogP contribution in [0.3, 0.4) is 0 Å². The van der Waals surface area contributed by atoms with Gasteiger partial charge in [-0.05, 0) is 30.9 Å². The number of nitrogens with zero attached hydrogens (tertiary/aromatic N) is 3. The monoisotopic (exact) mass is 192 g/mol. The zero-order valence-electron chi connectivity index (χ0n) is 6.90. The normalized spacial score (nSPS) is 15.0. The first-order valence-corrected chi connectivity index (χ1v) is 4.91. The molecule has 0 saturated heterocycles. The summed E-state index contributed by atoms with van der Waals surface area (Å²) in [4.78, 5) is 7.98. The fourth-order valence-electron chi connectivity index (χ4n) is 0.792. The number of aromatic nitrogens is 2. The zero-order valence-corrected chi connectivity index (χ0v) is 7.71. The summed E-state index contributed by atoms with van der Waals surface area (Å²) in [5.41, 5.74) is 0.397. The Balaban J connectivity index is 1.98. The molecule has 13 heavy (non-hydrogen) atoms. The number of anilines is 1. The summed E-state index contributed by atoms with van der Waals surface area (Å²) in [5.74, 6) is 0.524. The molecule has 0 atom stereocenters. The highest BCUT2D eigenvalue weighted by atomic mass is 32.2. The van der Waals surface area contributed by atoms with Crippen LogP contribution in [-0.2, 0) is 0 Å². The minimum atomic E-state index is 0.397. The quantitative estimate of drug-likeness (QED) is 0.736. The van der Waals surface area contributed by atoms with Crippen molar-refractivity contribution in [1.29, 1.82) is 5.26 Å². The van der Waals surface area contributed by atoms with E-state index < -0.39 is 0 Å². The van der Waals surface area contributed by atoms with E-state index >= 15 is 0 Å². The number of hydrogen-bond donors (Lipinski definition) is 1. The molecule has 1 aliphatic rings. The first-order chi connectivity index (χ1) is 6.38. The molecule has 1 heterocycles. The molecule has 0 bridgehead atoms. The van der Waals surface area contributed by atoms with Gasteiger partial charge < -0.3 is 0 Å². The molecule has 0 radical (unpaired) electrons. The number of hydrogen-bond acceptors (Lipinski definition) is 5. The lowest BCUT2D eigenvalue weighted by Gasteiger charge is -2.00. The molecular weight excluding hydrogens is 184 g/mol. The van der Waals surface area contributed by atoms with Gasteiger partial charge in [0.2, 0.25) is 5.95 Å². The van der Waals surface area contributed by atoms with E-state index in [1.165, 1.54) is 12.8 Å². The van der Waals surface area contributed by atoms with Crippen LogP contribution in [0.1, 0.15) is 18.5 Å². The Hall–Kier alpha value is -1.28. The fourth-order valence-corrected chi connectivity index (χ4v) is 1.53. The Morgan fingerprint density at radius 1 is 1.62 bits per heavy atom. The van der Waals surface area contributed by atoms with Gasteiger partial charge >= 0.3 is 0 Å². The van der Waals surface area contributed by atoms with Gasteiger partial charge in [-0.15, -0.1) is 0 Å².